The molecule has 98 valence electrons. The minimum Gasteiger partial charge on any atom is -0.381 e. The topological polar surface area (TPSA) is 15.3 Å². The zero-order valence-corrected chi connectivity index (χ0v) is 11.9. The smallest absolute Gasteiger partial charge is 0.0373 e. The molecule has 0 amide bonds. The maximum absolute atomic E-state index is 3.69. The number of anilines is 2. The molecule has 2 aliphatic rings. The summed E-state index contributed by atoms with van der Waals surface area (Å²) in [5.41, 5.74) is 4.11. The van der Waals surface area contributed by atoms with Crippen LogP contribution in [-0.4, -0.2) is 30.6 Å². The first kappa shape index (κ1) is 12.2. The van der Waals surface area contributed by atoms with Crippen LogP contribution in [0.4, 0.5) is 11.4 Å². The quantitative estimate of drug-likeness (QED) is 0.897. The number of aryl methyl sites for hydroxylation is 1. The maximum Gasteiger partial charge on any atom is 0.0373 e. The first-order chi connectivity index (χ1) is 8.83. The number of hydrogen-bond acceptors (Lipinski definition) is 3. The normalized spacial score (nSPS) is 23.6. The van der Waals surface area contributed by atoms with Crippen molar-refractivity contribution in [2.45, 2.75) is 32.2 Å². The number of hydrogen-bond donors (Lipinski definition) is 1. The maximum atomic E-state index is 3.69. The van der Waals surface area contributed by atoms with Gasteiger partial charge < -0.3 is 10.2 Å². The molecule has 3 heteroatoms. The third-order valence-electron chi connectivity index (χ3n) is 3.97. The lowest BCUT2D eigenvalue weighted by molar-refractivity contribution is 0.811. The van der Waals surface area contributed by atoms with Gasteiger partial charge in [-0.2, -0.15) is 11.8 Å². The van der Waals surface area contributed by atoms with Crippen molar-refractivity contribution in [3.8, 4) is 0 Å². The Labute approximate surface area is 114 Å². The van der Waals surface area contributed by atoms with Crippen molar-refractivity contribution in [2.75, 3.05) is 34.8 Å². The molecule has 1 aromatic rings. The number of nitrogens with zero attached hydrogens (tertiary/aromatic N) is 1. The summed E-state index contributed by atoms with van der Waals surface area (Å²) < 4.78 is 0. The average molecular weight is 262 g/mol. The predicted octanol–water partition coefficient (Wildman–Crippen LogP) is 3.51. The molecule has 2 nitrogen and oxygen atoms in total. The summed E-state index contributed by atoms with van der Waals surface area (Å²) in [5, 5.41) is 3.69. The summed E-state index contributed by atoms with van der Waals surface area (Å²) in [6.45, 7) is 4.68. The molecule has 2 fully saturated rings. The Morgan fingerprint density at radius 2 is 2.11 bits per heavy atom. The van der Waals surface area contributed by atoms with Gasteiger partial charge in [0.2, 0.25) is 0 Å². The van der Waals surface area contributed by atoms with E-state index in [9.17, 15) is 0 Å². The fourth-order valence-corrected chi connectivity index (χ4v) is 4.00. The van der Waals surface area contributed by atoms with Crippen LogP contribution in [0.3, 0.4) is 0 Å². The standard InChI is InChI=1S/C15H22N2S/c1-12-10-14(17-7-2-3-8-17)4-5-15(12)16-13-6-9-18-11-13/h4-5,10,13,16H,2-3,6-9,11H2,1H3. The summed E-state index contributed by atoms with van der Waals surface area (Å²) in [4.78, 5) is 2.50. The van der Waals surface area contributed by atoms with Crippen molar-refractivity contribution in [1.29, 1.82) is 0 Å². The van der Waals surface area contributed by atoms with Crippen molar-refractivity contribution >= 4 is 23.1 Å². The highest BCUT2D eigenvalue weighted by Crippen LogP contribution is 2.28. The molecule has 1 N–H and O–H groups in total. The lowest BCUT2D eigenvalue weighted by Crippen LogP contribution is -2.20. The molecule has 1 atom stereocenters. The molecular formula is C15H22N2S. The van der Waals surface area contributed by atoms with E-state index < -0.39 is 0 Å². The Balaban J connectivity index is 1.71. The monoisotopic (exact) mass is 262 g/mol. The van der Waals surface area contributed by atoms with Gasteiger partial charge in [-0.1, -0.05) is 0 Å². The number of thioether (sulfide) groups is 1. The van der Waals surface area contributed by atoms with Gasteiger partial charge in [0.25, 0.3) is 0 Å². The molecule has 2 heterocycles. The Kier molecular flexibility index (Phi) is 3.69. The van der Waals surface area contributed by atoms with Gasteiger partial charge in [-0.05, 0) is 55.7 Å². The molecule has 2 saturated heterocycles. The SMILES string of the molecule is Cc1cc(N2CCCC2)ccc1NC1CCSC1. The van der Waals surface area contributed by atoms with Crippen molar-refractivity contribution in [1.82, 2.24) is 0 Å². The summed E-state index contributed by atoms with van der Waals surface area (Å²) in [6, 6.07) is 7.57. The summed E-state index contributed by atoms with van der Waals surface area (Å²) in [6.07, 6.45) is 3.99. The van der Waals surface area contributed by atoms with Gasteiger partial charge in [0, 0.05) is 36.3 Å². The summed E-state index contributed by atoms with van der Waals surface area (Å²) in [5.74, 6) is 2.57. The highest BCUT2D eigenvalue weighted by molar-refractivity contribution is 7.99. The molecular weight excluding hydrogens is 240 g/mol. The summed E-state index contributed by atoms with van der Waals surface area (Å²) in [7, 11) is 0. The average Bonchev–Trinajstić information content (AvgIpc) is 3.04. The van der Waals surface area contributed by atoms with E-state index in [0.29, 0.717) is 6.04 Å². The van der Waals surface area contributed by atoms with Crippen molar-refractivity contribution in [2.24, 2.45) is 0 Å². The second-order valence-corrected chi connectivity index (χ2v) is 6.55. The predicted molar refractivity (Wildman–Crippen MR) is 82.0 cm³/mol. The van der Waals surface area contributed by atoms with Crippen LogP contribution < -0.4 is 10.2 Å². The second kappa shape index (κ2) is 5.43. The van der Waals surface area contributed by atoms with Crippen molar-refractivity contribution in [3.63, 3.8) is 0 Å². The van der Waals surface area contributed by atoms with Gasteiger partial charge in [0.05, 0.1) is 0 Å². The van der Waals surface area contributed by atoms with Crippen LogP contribution in [-0.2, 0) is 0 Å². The van der Waals surface area contributed by atoms with Gasteiger partial charge in [0.15, 0.2) is 0 Å². The van der Waals surface area contributed by atoms with Crippen LogP contribution in [0.1, 0.15) is 24.8 Å². The van der Waals surface area contributed by atoms with Crippen LogP contribution in [0.5, 0.6) is 0 Å². The van der Waals surface area contributed by atoms with Crippen LogP contribution in [0.2, 0.25) is 0 Å². The van der Waals surface area contributed by atoms with E-state index in [-0.39, 0.29) is 0 Å². The molecule has 0 radical (unpaired) electrons. The molecule has 18 heavy (non-hydrogen) atoms. The lowest BCUT2D eigenvalue weighted by Gasteiger charge is -2.21. The Hall–Kier alpha value is -0.830. The fourth-order valence-electron chi connectivity index (χ4n) is 2.85. The molecule has 1 unspecified atom stereocenters. The Morgan fingerprint density at radius 1 is 1.28 bits per heavy atom. The highest BCUT2D eigenvalue weighted by atomic mass is 32.2. The van der Waals surface area contributed by atoms with Crippen LogP contribution in [0, 0.1) is 6.92 Å². The molecule has 1 aromatic carbocycles. The van der Waals surface area contributed by atoms with Crippen molar-refractivity contribution in [3.05, 3.63) is 23.8 Å². The largest absolute Gasteiger partial charge is 0.381 e. The van der Waals surface area contributed by atoms with E-state index in [2.05, 4.69) is 47.1 Å². The Bertz CT molecular complexity index is 407. The van der Waals surface area contributed by atoms with E-state index in [4.69, 9.17) is 0 Å². The van der Waals surface area contributed by atoms with Gasteiger partial charge in [-0.3, -0.25) is 0 Å². The minimum absolute atomic E-state index is 0.673. The molecule has 0 spiro atoms. The molecule has 0 aliphatic carbocycles. The van der Waals surface area contributed by atoms with Crippen LogP contribution >= 0.6 is 11.8 Å². The molecule has 0 bridgehead atoms. The summed E-state index contributed by atoms with van der Waals surface area (Å²) >= 11 is 2.06. The van der Waals surface area contributed by atoms with Gasteiger partial charge in [-0.25, -0.2) is 0 Å². The number of rotatable bonds is 3. The van der Waals surface area contributed by atoms with Crippen molar-refractivity contribution < 1.29 is 0 Å². The van der Waals surface area contributed by atoms with Crippen LogP contribution in [0.25, 0.3) is 0 Å². The lowest BCUT2D eigenvalue weighted by atomic mass is 10.1. The first-order valence-electron chi connectivity index (χ1n) is 7.03. The van der Waals surface area contributed by atoms with E-state index in [0.717, 1.165) is 0 Å². The molecule has 3 rings (SSSR count). The molecule has 0 aromatic heterocycles. The van der Waals surface area contributed by atoms with Gasteiger partial charge in [0.1, 0.15) is 0 Å². The van der Waals surface area contributed by atoms with Crippen LogP contribution in [0.15, 0.2) is 18.2 Å². The number of nitrogens with one attached hydrogen (secondary N) is 1. The first-order valence-corrected chi connectivity index (χ1v) is 8.18. The fraction of sp³-hybridized carbons (Fsp3) is 0.600. The third kappa shape index (κ3) is 2.61. The zero-order chi connectivity index (χ0) is 12.4. The minimum atomic E-state index is 0.673. The molecule has 0 saturated carbocycles. The third-order valence-corrected chi connectivity index (χ3v) is 5.13. The number of benzene rings is 1. The van der Waals surface area contributed by atoms with E-state index >= 15 is 0 Å². The van der Waals surface area contributed by atoms with Gasteiger partial charge >= 0.3 is 0 Å². The highest BCUT2D eigenvalue weighted by Gasteiger charge is 2.17. The van der Waals surface area contributed by atoms with Gasteiger partial charge in [-0.15, -0.1) is 0 Å². The van der Waals surface area contributed by atoms with E-state index in [1.54, 1.807) is 0 Å². The Morgan fingerprint density at radius 3 is 2.78 bits per heavy atom. The van der Waals surface area contributed by atoms with E-state index in [1.165, 1.54) is 60.8 Å². The molecule has 2 aliphatic heterocycles. The zero-order valence-electron chi connectivity index (χ0n) is 11.1. The second-order valence-electron chi connectivity index (χ2n) is 5.40. The van der Waals surface area contributed by atoms with E-state index in [1.807, 2.05) is 0 Å².